The van der Waals surface area contributed by atoms with Gasteiger partial charge in [-0.2, -0.15) is 0 Å². The van der Waals surface area contributed by atoms with Crippen molar-refractivity contribution in [2.24, 2.45) is 0 Å². The Morgan fingerprint density at radius 1 is 1.14 bits per heavy atom. The highest BCUT2D eigenvalue weighted by molar-refractivity contribution is 7.13. The second kappa shape index (κ2) is 7.95. The average Bonchev–Trinajstić information content (AvgIpc) is 3.32. The van der Waals surface area contributed by atoms with Crippen molar-refractivity contribution >= 4 is 22.3 Å². The van der Waals surface area contributed by atoms with Gasteiger partial charge in [-0.05, 0) is 30.0 Å². The number of rotatable bonds is 7. The molecule has 144 valence electrons. The molecule has 1 unspecified atom stereocenters. The Labute approximate surface area is 164 Å². The molecule has 0 radical (unpaired) electrons. The summed E-state index contributed by atoms with van der Waals surface area (Å²) >= 11 is 1.56. The van der Waals surface area contributed by atoms with Crippen molar-refractivity contribution < 1.29 is 18.8 Å². The summed E-state index contributed by atoms with van der Waals surface area (Å²) in [4.78, 5) is 14.1. The quantitative estimate of drug-likeness (QED) is 0.465. The smallest absolute Gasteiger partial charge is 0.336 e. The number of phenols is 1. The fraction of sp³-hybridized carbons (Fsp3) is 0.250. The van der Waals surface area contributed by atoms with Crippen LogP contribution in [0, 0.1) is 0 Å². The lowest BCUT2D eigenvalue weighted by Gasteiger charge is -2.17. The lowest BCUT2D eigenvalue weighted by atomic mass is 10.1. The number of hydrogen-bond acceptors (Lipinski definition) is 7. The maximum Gasteiger partial charge on any atom is 0.336 e. The molecule has 0 bridgehead atoms. The number of aromatic hydroxyl groups is 1. The van der Waals surface area contributed by atoms with E-state index in [4.69, 9.17) is 8.83 Å². The number of fused-ring (bicyclic) bond motifs is 1. The maximum atomic E-state index is 12.0. The number of aromatic nitrogens is 2. The molecule has 1 atom stereocenters. The molecule has 2 N–H and O–H groups in total. The first kappa shape index (κ1) is 18.4. The van der Waals surface area contributed by atoms with Gasteiger partial charge in [0.2, 0.25) is 0 Å². The van der Waals surface area contributed by atoms with E-state index in [1.54, 1.807) is 23.5 Å². The van der Waals surface area contributed by atoms with Crippen LogP contribution >= 0.6 is 11.3 Å². The summed E-state index contributed by atoms with van der Waals surface area (Å²) in [5, 5.41) is 20.8. The summed E-state index contributed by atoms with van der Waals surface area (Å²) in [6.07, 6.45) is 0.974. The molecule has 0 aliphatic rings. The zero-order valence-electron chi connectivity index (χ0n) is 15.3. The molecule has 4 aromatic rings. The molecule has 0 saturated heterocycles. The molecule has 3 aromatic heterocycles. The minimum atomic E-state index is -0.429. The summed E-state index contributed by atoms with van der Waals surface area (Å²) in [7, 11) is 0. The van der Waals surface area contributed by atoms with Crippen LogP contribution in [0.2, 0.25) is 0 Å². The van der Waals surface area contributed by atoms with Crippen LogP contribution in [0.3, 0.4) is 0 Å². The van der Waals surface area contributed by atoms with Gasteiger partial charge in [-0.15, -0.1) is 21.5 Å². The number of nitrogens with zero attached hydrogens (tertiary/aromatic N) is 2. The fourth-order valence-electron chi connectivity index (χ4n) is 3.27. The molecular weight excluding hydrogens is 378 g/mol. The van der Waals surface area contributed by atoms with Crippen LogP contribution < -0.4 is 10.5 Å². The zero-order chi connectivity index (χ0) is 19.5. The van der Waals surface area contributed by atoms with Gasteiger partial charge in [-0.3, -0.25) is 0 Å². The largest absolute Gasteiger partial charge is 0.508 e. The van der Waals surface area contributed by atoms with Gasteiger partial charge in [0.05, 0.1) is 11.4 Å². The lowest BCUT2D eigenvalue weighted by molar-refractivity contribution is -0.928. The summed E-state index contributed by atoms with van der Waals surface area (Å²) in [6.45, 7) is 4.17. The average molecular weight is 398 g/mol. The topological polar surface area (TPSA) is 93.8 Å². The molecule has 0 aliphatic carbocycles. The molecule has 28 heavy (non-hydrogen) atoms. The fourth-order valence-corrected chi connectivity index (χ4v) is 3.91. The van der Waals surface area contributed by atoms with E-state index in [1.807, 2.05) is 17.5 Å². The van der Waals surface area contributed by atoms with Crippen LogP contribution in [0.4, 0.5) is 0 Å². The summed E-state index contributed by atoms with van der Waals surface area (Å²) < 4.78 is 11.0. The van der Waals surface area contributed by atoms with Crippen molar-refractivity contribution in [2.45, 2.75) is 26.4 Å². The maximum absolute atomic E-state index is 12.0. The van der Waals surface area contributed by atoms with Crippen molar-refractivity contribution in [3.05, 3.63) is 63.7 Å². The van der Waals surface area contributed by atoms with E-state index in [1.165, 1.54) is 17.0 Å². The first-order chi connectivity index (χ1) is 13.6. The van der Waals surface area contributed by atoms with Crippen LogP contribution in [0.5, 0.6) is 5.75 Å². The van der Waals surface area contributed by atoms with E-state index < -0.39 is 5.63 Å². The summed E-state index contributed by atoms with van der Waals surface area (Å²) in [5.74, 6) is 1.16. The third-order valence-electron chi connectivity index (χ3n) is 4.46. The number of benzene rings is 1. The van der Waals surface area contributed by atoms with Crippen LogP contribution in [0.1, 0.15) is 24.8 Å². The van der Waals surface area contributed by atoms with E-state index in [9.17, 15) is 9.90 Å². The van der Waals surface area contributed by atoms with E-state index in [0.29, 0.717) is 30.5 Å². The van der Waals surface area contributed by atoms with Gasteiger partial charge >= 0.3 is 5.63 Å². The van der Waals surface area contributed by atoms with Crippen LogP contribution in [-0.4, -0.2) is 21.8 Å². The molecule has 0 spiro atoms. The van der Waals surface area contributed by atoms with Crippen LogP contribution in [0.25, 0.3) is 21.7 Å². The Balaban J connectivity index is 1.59. The lowest BCUT2D eigenvalue weighted by Crippen LogP contribution is -3.09. The Morgan fingerprint density at radius 3 is 2.82 bits per heavy atom. The molecule has 3 heterocycles. The Bertz CT molecular complexity index is 1130. The first-order valence-corrected chi connectivity index (χ1v) is 9.96. The number of quaternary nitrogens is 1. The molecule has 0 saturated carbocycles. The Hall–Kier alpha value is -2.97. The van der Waals surface area contributed by atoms with Gasteiger partial charge in [0, 0.05) is 23.1 Å². The molecule has 7 nitrogen and oxygen atoms in total. The molecule has 1 aromatic carbocycles. The van der Waals surface area contributed by atoms with Crippen molar-refractivity contribution in [3.8, 4) is 16.5 Å². The van der Waals surface area contributed by atoms with Gasteiger partial charge in [-0.25, -0.2) is 4.79 Å². The van der Waals surface area contributed by atoms with E-state index in [2.05, 4.69) is 17.1 Å². The molecule has 0 aliphatic heterocycles. The molecule has 0 amide bonds. The molecule has 0 fully saturated rings. The minimum Gasteiger partial charge on any atom is -0.508 e. The van der Waals surface area contributed by atoms with E-state index in [-0.39, 0.29) is 5.75 Å². The monoisotopic (exact) mass is 398 g/mol. The highest BCUT2D eigenvalue weighted by Crippen LogP contribution is 2.23. The minimum absolute atomic E-state index is 0.0672. The number of thiophene rings is 1. The van der Waals surface area contributed by atoms with Crippen molar-refractivity contribution in [3.63, 3.8) is 0 Å². The SMILES string of the molecule is CCC[NH+](Cc1nnc(-c2cccs2)o1)Cc1cc(=O)oc2cc(O)ccc12. The van der Waals surface area contributed by atoms with Crippen molar-refractivity contribution in [1.82, 2.24) is 10.2 Å². The van der Waals surface area contributed by atoms with Gasteiger partial charge in [-0.1, -0.05) is 13.0 Å². The van der Waals surface area contributed by atoms with Gasteiger partial charge in [0.1, 0.15) is 17.9 Å². The van der Waals surface area contributed by atoms with Gasteiger partial charge in [0.25, 0.3) is 11.8 Å². The Morgan fingerprint density at radius 2 is 2.04 bits per heavy atom. The molecule has 8 heteroatoms. The van der Waals surface area contributed by atoms with Crippen LogP contribution in [0.15, 0.2) is 55.4 Å². The summed E-state index contributed by atoms with van der Waals surface area (Å²) in [5.41, 5.74) is 0.825. The third kappa shape index (κ3) is 3.97. The second-order valence-corrected chi connectivity index (χ2v) is 7.55. The molecular formula is C20H20N3O4S+. The highest BCUT2D eigenvalue weighted by Gasteiger charge is 2.18. The standard InChI is InChI=1S/C20H19N3O4S/c1-2-7-23(12-18-21-22-20(27-18)17-4-3-8-28-17)11-13-9-19(25)26-16-10-14(24)5-6-15(13)16/h3-6,8-10,24H,2,7,11-12H2,1H3/p+1. The van der Waals surface area contributed by atoms with Crippen molar-refractivity contribution in [1.29, 1.82) is 0 Å². The van der Waals surface area contributed by atoms with Gasteiger partial charge < -0.3 is 18.8 Å². The van der Waals surface area contributed by atoms with E-state index >= 15 is 0 Å². The predicted octanol–water partition coefficient (Wildman–Crippen LogP) is 2.61. The Kier molecular flexibility index (Phi) is 5.23. The number of nitrogens with one attached hydrogen (secondary N) is 1. The van der Waals surface area contributed by atoms with Crippen LogP contribution in [-0.2, 0) is 13.1 Å². The third-order valence-corrected chi connectivity index (χ3v) is 5.32. The number of phenolic OH excluding ortho intramolecular Hbond substituents is 1. The van der Waals surface area contributed by atoms with E-state index in [0.717, 1.165) is 28.8 Å². The molecule has 4 rings (SSSR count). The summed E-state index contributed by atoms with van der Waals surface area (Å²) in [6, 6.07) is 10.2. The first-order valence-electron chi connectivity index (χ1n) is 9.08. The predicted molar refractivity (Wildman–Crippen MR) is 105 cm³/mol. The van der Waals surface area contributed by atoms with Crippen molar-refractivity contribution in [2.75, 3.05) is 6.54 Å². The zero-order valence-corrected chi connectivity index (χ0v) is 16.2. The second-order valence-electron chi connectivity index (χ2n) is 6.60. The number of hydrogen-bond donors (Lipinski definition) is 2. The normalized spacial score (nSPS) is 12.5. The highest BCUT2D eigenvalue weighted by atomic mass is 32.1. The van der Waals surface area contributed by atoms with Gasteiger partial charge in [0.15, 0.2) is 6.54 Å².